The Balaban J connectivity index is 1.66. The number of rotatable bonds is 6. The standard InChI is InChI=1S/C26H22F4N4O5/c1-2-33-23-19(21(25(37)38)32-34(23)17-11-39-12-17)18(13-6-8-16(27)9-7-13)20(24(33)36)31-22(35)14-4-3-5-15(10-14)26(28,29)30/h3-10,17-18,20H,2,11-12H2,1H3,(H,31,35)(H,37,38)/t18-,20-/m0/s1. The first kappa shape index (κ1) is 26.4. The molecule has 2 amide bonds. The minimum Gasteiger partial charge on any atom is -0.476 e. The molecule has 1 fully saturated rings. The highest BCUT2D eigenvalue weighted by atomic mass is 19.4. The van der Waals surface area contributed by atoms with E-state index in [-0.39, 0.29) is 48.4 Å². The zero-order valence-electron chi connectivity index (χ0n) is 20.4. The molecule has 3 heterocycles. The van der Waals surface area contributed by atoms with Crippen LogP contribution in [0.3, 0.4) is 0 Å². The van der Waals surface area contributed by atoms with E-state index in [1.165, 1.54) is 27.8 Å². The fourth-order valence-electron chi connectivity index (χ4n) is 4.89. The summed E-state index contributed by atoms with van der Waals surface area (Å²) < 4.78 is 60.2. The molecule has 2 aromatic carbocycles. The molecule has 13 heteroatoms. The Hall–Kier alpha value is -4.26. The summed E-state index contributed by atoms with van der Waals surface area (Å²) in [5, 5.41) is 16.8. The minimum absolute atomic E-state index is 0.0796. The molecule has 0 aliphatic carbocycles. The van der Waals surface area contributed by atoms with E-state index in [9.17, 15) is 37.1 Å². The molecule has 0 saturated carbocycles. The number of aromatic carboxylic acids is 1. The molecule has 1 saturated heterocycles. The molecule has 3 aromatic rings. The summed E-state index contributed by atoms with van der Waals surface area (Å²) in [6.07, 6.45) is -4.70. The van der Waals surface area contributed by atoms with Gasteiger partial charge in [0.15, 0.2) is 5.69 Å². The Morgan fingerprint density at radius 2 is 1.85 bits per heavy atom. The van der Waals surface area contributed by atoms with Crippen molar-refractivity contribution in [1.82, 2.24) is 15.1 Å². The number of carbonyl (C=O) groups excluding carboxylic acids is 2. The Morgan fingerprint density at radius 3 is 2.41 bits per heavy atom. The van der Waals surface area contributed by atoms with Crippen LogP contribution in [-0.4, -0.2) is 58.5 Å². The second-order valence-corrected chi connectivity index (χ2v) is 9.17. The summed E-state index contributed by atoms with van der Waals surface area (Å²) >= 11 is 0. The number of alkyl halides is 3. The maximum absolute atomic E-state index is 13.9. The van der Waals surface area contributed by atoms with Crippen LogP contribution in [0, 0.1) is 5.82 Å². The number of aromatic nitrogens is 2. The third-order valence-electron chi connectivity index (χ3n) is 6.81. The fraction of sp³-hybridized carbons (Fsp3) is 0.308. The van der Waals surface area contributed by atoms with Gasteiger partial charge in [-0.05, 0) is 42.8 Å². The van der Waals surface area contributed by atoms with E-state index in [4.69, 9.17) is 4.74 Å². The van der Waals surface area contributed by atoms with Gasteiger partial charge in [-0.2, -0.15) is 18.3 Å². The van der Waals surface area contributed by atoms with E-state index >= 15 is 0 Å². The number of fused-ring (bicyclic) bond motifs is 1. The van der Waals surface area contributed by atoms with Gasteiger partial charge in [-0.25, -0.2) is 13.9 Å². The van der Waals surface area contributed by atoms with Crippen LogP contribution in [0.25, 0.3) is 0 Å². The van der Waals surface area contributed by atoms with Crippen LogP contribution in [0.15, 0.2) is 48.5 Å². The third-order valence-corrected chi connectivity index (χ3v) is 6.81. The number of halogens is 4. The maximum Gasteiger partial charge on any atom is 0.416 e. The molecule has 0 spiro atoms. The number of nitrogens with one attached hydrogen (secondary N) is 1. The van der Waals surface area contributed by atoms with E-state index < -0.39 is 47.3 Å². The lowest BCUT2D eigenvalue weighted by atomic mass is 9.80. The van der Waals surface area contributed by atoms with Gasteiger partial charge in [0, 0.05) is 23.6 Å². The van der Waals surface area contributed by atoms with Crippen molar-refractivity contribution in [2.24, 2.45) is 0 Å². The van der Waals surface area contributed by atoms with E-state index in [2.05, 4.69) is 10.4 Å². The zero-order chi connectivity index (χ0) is 28.1. The number of carboxylic acids is 1. The van der Waals surface area contributed by atoms with E-state index in [1.54, 1.807) is 6.92 Å². The van der Waals surface area contributed by atoms with Gasteiger partial charge < -0.3 is 15.2 Å². The molecular weight excluding hydrogens is 524 g/mol. The van der Waals surface area contributed by atoms with Crippen molar-refractivity contribution in [1.29, 1.82) is 0 Å². The second kappa shape index (κ2) is 9.80. The Kier molecular flexibility index (Phi) is 6.62. The van der Waals surface area contributed by atoms with Gasteiger partial charge in [0.2, 0.25) is 0 Å². The van der Waals surface area contributed by atoms with Crippen LogP contribution in [-0.2, 0) is 15.7 Å². The lowest BCUT2D eigenvalue weighted by Gasteiger charge is -2.39. The number of amides is 2. The van der Waals surface area contributed by atoms with Gasteiger partial charge in [0.25, 0.3) is 11.8 Å². The smallest absolute Gasteiger partial charge is 0.416 e. The first-order chi connectivity index (χ1) is 18.5. The highest BCUT2D eigenvalue weighted by Gasteiger charge is 2.48. The predicted molar refractivity (Wildman–Crippen MR) is 128 cm³/mol. The van der Waals surface area contributed by atoms with E-state index in [0.29, 0.717) is 11.6 Å². The summed E-state index contributed by atoms with van der Waals surface area (Å²) in [5.74, 6) is -4.48. The highest BCUT2D eigenvalue weighted by Crippen LogP contribution is 2.44. The van der Waals surface area contributed by atoms with Crippen molar-refractivity contribution in [3.8, 4) is 0 Å². The molecule has 204 valence electrons. The molecule has 0 unspecified atom stereocenters. The van der Waals surface area contributed by atoms with Gasteiger partial charge in [0.05, 0.1) is 18.8 Å². The summed E-state index contributed by atoms with van der Waals surface area (Å²) in [7, 11) is 0. The van der Waals surface area contributed by atoms with Crippen molar-refractivity contribution in [3.63, 3.8) is 0 Å². The van der Waals surface area contributed by atoms with Crippen molar-refractivity contribution in [2.45, 2.75) is 31.1 Å². The Bertz CT molecular complexity index is 1450. The van der Waals surface area contributed by atoms with Gasteiger partial charge >= 0.3 is 12.1 Å². The van der Waals surface area contributed by atoms with E-state index in [0.717, 1.165) is 24.3 Å². The topological polar surface area (TPSA) is 114 Å². The van der Waals surface area contributed by atoms with Crippen molar-refractivity contribution < 1.29 is 41.8 Å². The number of hydrogen-bond acceptors (Lipinski definition) is 5. The second-order valence-electron chi connectivity index (χ2n) is 9.17. The molecule has 5 rings (SSSR count). The summed E-state index contributed by atoms with van der Waals surface area (Å²) in [6.45, 7) is 2.22. The molecule has 9 nitrogen and oxygen atoms in total. The largest absolute Gasteiger partial charge is 0.476 e. The van der Waals surface area contributed by atoms with Crippen LogP contribution >= 0.6 is 0 Å². The zero-order valence-corrected chi connectivity index (χ0v) is 20.4. The number of benzene rings is 2. The Morgan fingerprint density at radius 1 is 1.15 bits per heavy atom. The molecule has 2 atom stereocenters. The summed E-state index contributed by atoms with van der Waals surface area (Å²) in [4.78, 5) is 40.7. The fourth-order valence-corrected chi connectivity index (χ4v) is 4.89. The lowest BCUT2D eigenvalue weighted by molar-refractivity contribution is -0.137. The van der Waals surface area contributed by atoms with Crippen molar-refractivity contribution >= 4 is 23.6 Å². The number of anilines is 1. The van der Waals surface area contributed by atoms with Gasteiger partial charge in [-0.1, -0.05) is 18.2 Å². The monoisotopic (exact) mass is 546 g/mol. The van der Waals surface area contributed by atoms with Gasteiger partial charge in [-0.3, -0.25) is 14.5 Å². The van der Waals surface area contributed by atoms with Gasteiger partial charge in [0.1, 0.15) is 23.7 Å². The SMILES string of the molecule is CCN1C(=O)[C@@H](NC(=O)c2cccc(C(F)(F)F)c2)[C@@H](c2ccc(F)cc2)c2c(C(=O)O)nn(C3COC3)c21. The van der Waals surface area contributed by atoms with Crippen LogP contribution in [0.5, 0.6) is 0 Å². The number of likely N-dealkylation sites (N-methyl/N-ethyl adjacent to an activating group) is 1. The average molecular weight is 546 g/mol. The van der Waals surface area contributed by atoms with Crippen LogP contribution in [0.2, 0.25) is 0 Å². The first-order valence-corrected chi connectivity index (χ1v) is 12.0. The van der Waals surface area contributed by atoms with Crippen molar-refractivity contribution in [3.05, 3.63) is 82.3 Å². The van der Waals surface area contributed by atoms with Crippen molar-refractivity contribution in [2.75, 3.05) is 24.7 Å². The number of carbonyl (C=O) groups is 3. The highest BCUT2D eigenvalue weighted by molar-refractivity contribution is 6.06. The molecule has 0 bridgehead atoms. The summed E-state index contributed by atoms with van der Waals surface area (Å²) in [5.41, 5.74) is -1.32. The number of carboxylic acid groups (broad SMARTS) is 1. The molecule has 2 aliphatic rings. The molecule has 0 radical (unpaired) electrons. The number of hydrogen-bond donors (Lipinski definition) is 2. The maximum atomic E-state index is 13.9. The van der Waals surface area contributed by atoms with E-state index in [1.807, 2.05) is 0 Å². The minimum atomic E-state index is -4.70. The van der Waals surface area contributed by atoms with Crippen LogP contribution in [0.4, 0.5) is 23.4 Å². The molecule has 2 aliphatic heterocycles. The first-order valence-electron chi connectivity index (χ1n) is 12.0. The average Bonchev–Trinajstić information content (AvgIpc) is 3.23. The van der Waals surface area contributed by atoms with Crippen LogP contribution < -0.4 is 10.2 Å². The predicted octanol–water partition coefficient (Wildman–Crippen LogP) is 3.61. The Labute approximate surface area is 219 Å². The summed E-state index contributed by atoms with van der Waals surface area (Å²) in [6, 6.07) is 6.92. The number of nitrogens with zero attached hydrogens (tertiary/aromatic N) is 3. The lowest BCUT2D eigenvalue weighted by Crippen LogP contribution is -2.56. The molecule has 2 N–H and O–H groups in total. The van der Waals surface area contributed by atoms with Gasteiger partial charge in [-0.15, -0.1) is 0 Å². The number of ether oxygens (including phenoxy) is 1. The molecule has 1 aromatic heterocycles. The quantitative estimate of drug-likeness (QED) is 0.457. The van der Waals surface area contributed by atoms with Crippen LogP contribution in [0.1, 0.15) is 56.4 Å². The molecule has 39 heavy (non-hydrogen) atoms. The molecular formula is C26H22F4N4O5. The third kappa shape index (κ3) is 4.62. The normalized spacial score (nSPS) is 19.4.